The Balaban J connectivity index is 1.92. The van der Waals surface area contributed by atoms with Crippen molar-refractivity contribution in [2.75, 3.05) is 19.6 Å². The summed E-state index contributed by atoms with van der Waals surface area (Å²) in [6, 6.07) is 4.01. The summed E-state index contributed by atoms with van der Waals surface area (Å²) in [6.07, 6.45) is 5.18. The predicted octanol–water partition coefficient (Wildman–Crippen LogP) is 2.86. The van der Waals surface area contributed by atoms with Crippen LogP contribution in [0, 0.1) is 12.7 Å². The number of sulfonamides is 1. The number of rotatable bonds is 4. The third kappa shape index (κ3) is 3.30. The zero-order valence-electron chi connectivity index (χ0n) is 15.1. The summed E-state index contributed by atoms with van der Waals surface area (Å²) in [5.74, 6) is -0.476. The van der Waals surface area contributed by atoms with Crippen LogP contribution in [0.5, 0.6) is 0 Å². The average Bonchev–Trinajstić information content (AvgIpc) is 2.61. The first-order valence-electron chi connectivity index (χ1n) is 8.98. The smallest absolute Gasteiger partial charge is 0.243 e. The van der Waals surface area contributed by atoms with E-state index in [1.807, 2.05) is 0 Å². The number of nitrogens with zero attached hydrogens (tertiary/aromatic N) is 2. The summed E-state index contributed by atoms with van der Waals surface area (Å²) >= 11 is 0. The zero-order valence-corrected chi connectivity index (χ0v) is 15.9. The van der Waals surface area contributed by atoms with Crippen LogP contribution < -0.4 is 0 Å². The molecule has 0 saturated carbocycles. The van der Waals surface area contributed by atoms with Crippen molar-refractivity contribution in [3.05, 3.63) is 42.2 Å². The van der Waals surface area contributed by atoms with Gasteiger partial charge in [-0.2, -0.15) is 4.31 Å². The van der Waals surface area contributed by atoms with E-state index >= 15 is 0 Å². The van der Waals surface area contributed by atoms with E-state index < -0.39 is 21.4 Å². The van der Waals surface area contributed by atoms with Crippen LogP contribution in [0.25, 0.3) is 0 Å². The molecule has 142 valence electrons. The minimum absolute atomic E-state index is 0.0324. The molecule has 1 spiro atoms. The zero-order chi connectivity index (χ0) is 18.9. The van der Waals surface area contributed by atoms with Crippen molar-refractivity contribution in [3.8, 4) is 0 Å². The number of halogens is 1. The Morgan fingerprint density at radius 3 is 2.73 bits per heavy atom. The highest BCUT2D eigenvalue weighted by molar-refractivity contribution is 7.89. The molecule has 0 aliphatic carbocycles. The second-order valence-electron chi connectivity index (χ2n) is 7.22. The third-order valence-electron chi connectivity index (χ3n) is 5.52. The Morgan fingerprint density at radius 1 is 1.31 bits per heavy atom. The molecule has 1 atom stereocenters. The highest BCUT2D eigenvalue weighted by atomic mass is 32.2. The van der Waals surface area contributed by atoms with Gasteiger partial charge >= 0.3 is 0 Å². The molecule has 0 bridgehead atoms. The molecule has 0 radical (unpaired) electrons. The molecule has 5 nitrogen and oxygen atoms in total. The number of hydrogen-bond donors (Lipinski definition) is 0. The molecule has 2 fully saturated rings. The summed E-state index contributed by atoms with van der Waals surface area (Å²) in [4.78, 5) is 14.2. The molecule has 7 heteroatoms. The fourth-order valence-electron chi connectivity index (χ4n) is 4.11. The first kappa shape index (κ1) is 19.0. The maximum atomic E-state index is 13.9. The molecule has 3 rings (SSSR count). The minimum atomic E-state index is -3.80. The maximum absolute atomic E-state index is 13.9. The highest BCUT2D eigenvalue weighted by Gasteiger charge is 2.47. The van der Waals surface area contributed by atoms with Gasteiger partial charge in [-0.05, 0) is 50.3 Å². The van der Waals surface area contributed by atoms with Gasteiger partial charge in [0.25, 0.3) is 0 Å². The monoisotopic (exact) mass is 380 g/mol. The molecular weight excluding hydrogens is 355 g/mol. The molecule has 1 aromatic rings. The van der Waals surface area contributed by atoms with Crippen LogP contribution in [0.4, 0.5) is 4.39 Å². The normalized spacial score (nSPS) is 24.8. The summed E-state index contributed by atoms with van der Waals surface area (Å²) in [5.41, 5.74) is -0.0768. The first-order chi connectivity index (χ1) is 12.3. The largest absolute Gasteiger partial charge is 0.332 e. The van der Waals surface area contributed by atoms with E-state index in [0.717, 1.165) is 25.3 Å². The van der Waals surface area contributed by atoms with Crippen molar-refractivity contribution < 1.29 is 17.6 Å². The van der Waals surface area contributed by atoms with Gasteiger partial charge in [0.2, 0.25) is 15.9 Å². The number of aryl methyl sites for hydroxylation is 1. The Labute approximate surface area is 154 Å². The van der Waals surface area contributed by atoms with Crippen LogP contribution in [-0.2, 0) is 14.8 Å². The average molecular weight is 380 g/mol. The number of amides is 1. The highest BCUT2D eigenvalue weighted by Crippen LogP contribution is 2.38. The lowest BCUT2D eigenvalue weighted by molar-refractivity contribution is -0.143. The maximum Gasteiger partial charge on any atom is 0.243 e. The Kier molecular flexibility index (Phi) is 5.21. The second-order valence-corrected chi connectivity index (χ2v) is 9.16. The number of piperidine rings is 2. The topological polar surface area (TPSA) is 57.7 Å². The summed E-state index contributed by atoms with van der Waals surface area (Å²) in [7, 11) is -3.80. The van der Waals surface area contributed by atoms with Gasteiger partial charge in [0.1, 0.15) is 5.82 Å². The lowest BCUT2D eigenvalue weighted by Gasteiger charge is -2.51. The molecule has 2 aliphatic heterocycles. The van der Waals surface area contributed by atoms with Crippen LogP contribution in [0.3, 0.4) is 0 Å². The fourth-order valence-corrected chi connectivity index (χ4v) is 5.68. The van der Waals surface area contributed by atoms with Gasteiger partial charge in [-0.15, -0.1) is 6.58 Å². The van der Waals surface area contributed by atoms with Gasteiger partial charge in [-0.3, -0.25) is 4.79 Å². The third-order valence-corrected chi connectivity index (χ3v) is 7.36. The van der Waals surface area contributed by atoms with Crippen LogP contribution in [0.1, 0.15) is 37.7 Å². The molecule has 2 aliphatic rings. The van der Waals surface area contributed by atoms with Gasteiger partial charge in [-0.25, -0.2) is 12.8 Å². The molecule has 0 aromatic heterocycles. The van der Waals surface area contributed by atoms with Crippen LogP contribution in [0.15, 0.2) is 35.7 Å². The number of carbonyl (C=O) groups is 1. The lowest BCUT2D eigenvalue weighted by Crippen LogP contribution is -2.63. The van der Waals surface area contributed by atoms with Crippen molar-refractivity contribution in [1.82, 2.24) is 9.21 Å². The standard InChI is InChI=1S/C19H25FN2O3S/c1-3-11-22-18(23)6-4-9-19(22)10-5-12-21(14-19)26(24,25)16-8-7-15(2)17(20)13-16/h3,7-8,13H,1,4-6,9-12,14H2,2H3/t19-/m1/s1. The molecule has 0 N–H and O–H groups in total. The minimum Gasteiger partial charge on any atom is -0.332 e. The van der Waals surface area contributed by atoms with Gasteiger partial charge < -0.3 is 4.90 Å². The first-order valence-corrected chi connectivity index (χ1v) is 10.4. The summed E-state index contributed by atoms with van der Waals surface area (Å²) in [5, 5.41) is 0. The van der Waals surface area contributed by atoms with Crippen LogP contribution in [-0.4, -0.2) is 48.7 Å². The molecular formula is C19H25FN2O3S. The van der Waals surface area contributed by atoms with E-state index in [1.54, 1.807) is 17.9 Å². The van der Waals surface area contributed by atoms with Crippen molar-refractivity contribution in [2.45, 2.75) is 49.5 Å². The van der Waals surface area contributed by atoms with Gasteiger partial charge in [0.05, 0.1) is 10.4 Å². The summed E-state index contributed by atoms with van der Waals surface area (Å²) in [6.45, 7) is 6.39. The Bertz CT molecular complexity index is 820. The van der Waals surface area contributed by atoms with Gasteiger partial charge in [0.15, 0.2) is 0 Å². The number of hydrogen-bond acceptors (Lipinski definition) is 3. The molecule has 2 heterocycles. The molecule has 2 saturated heterocycles. The van der Waals surface area contributed by atoms with Crippen molar-refractivity contribution in [2.24, 2.45) is 0 Å². The lowest BCUT2D eigenvalue weighted by atomic mass is 9.80. The quantitative estimate of drug-likeness (QED) is 0.755. The molecule has 26 heavy (non-hydrogen) atoms. The van der Waals surface area contributed by atoms with E-state index in [9.17, 15) is 17.6 Å². The predicted molar refractivity (Wildman–Crippen MR) is 97.6 cm³/mol. The van der Waals surface area contributed by atoms with E-state index in [4.69, 9.17) is 0 Å². The number of benzene rings is 1. The number of carbonyl (C=O) groups excluding carboxylic acids is 1. The molecule has 0 unspecified atom stereocenters. The second kappa shape index (κ2) is 7.12. The van der Waals surface area contributed by atoms with E-state index in [-0.39, 0.29) is 17.3 Å². The summed E-state index contributed by atoms with van der Waals surface area (Å²) < 4.78 is 41.4. The van der Waals surface area contributed by atoms with E-state index in [0.29, 0.717) is 31.5 Å². The van der Waals surface area contributed by atoms with Crippen LogP contribution in [0.2, 0.25) is 0 Å². The van der Waals surface area contributed by atoms with Crippen molar-refractivity contribution >= 4 is 15.9 Å². The van der Waals surface area contributed by atoms with Gasteiger partial charge in [0, 0.05) is 26.1 Å². The number of likely N-dealkylation sites (tertiary alicyclic amines) is 1. The fraction of sp³-hybridized carbons (Fsp3) is 0.526. The Morgan fingerprint density at radius 2 is 2.04 bits per heavy atom. The van der Waals surface area contributed by atoms with Crippen molar-refractivity contribution in [3.63, 3.8) is 0 Å². The van der Waals surface area contributed by atoms with E-state index in [2.05, 4.69) is 6.58 Å². The van der Waals surface area contributed by atoms with Crippen molar-refractivity contribution in [1.29, 1.82) is 0 Å². The van der Waals surface area contributed by atoms with Gasteiger partial charge in [-0.1, -0.05) is 12.1 Å². The molecule has 1 aromatic carbocycles. The molecule has 1 amide bonds. The SMILES string of the molecule is C=CCN1C(=O)CCC[C@]12CCCN(S(=O)(=O)c1ccc(C)c(F)c1)C2. The Hall–Kier alpha value is -1.73. The van der Waals surface area contributed by atoms with E-state index in [1.165, 1.54) is 16.4 Å². The van der Waals surface area contributed by atoms with Crippen LogP contribution >= 0.6 is 0 Å².